The molecule has 0 atom stereocenters. The number of halogens is 1. The first kappa shape index (κ1) is 9.28. The average molecular weight is 266 g/mol. The van der Waals surface area contributed by atoms with Crippen molar-refractivity contribution in [3.63, 3.8) is 0 Å². The summed E-state index contributed by atoms with van der Waals surface area (Å²) in [6.45, 7) is 2.09. The van der Waals surface area contributed by atoms with Gasteiger partial charge in [0.2, 0.25) is 0 Å². The number of hydrogen-bond donors (Lipinski definition) is 1. The van der Waals surface area contributed by atoms with Crippen LogP contribution in [0.2, 0.25) is 0 Å². The number of benzene rings is 1. The highest BCUT2D eigenvalue weighted by Gasteiger charge is 2.28. The highest BCUT2D eigenvalue weighted by molar-refractivity contribution is 9.10. The third-order valence-corrected chi connectivity index (χ3v) is 4.05. The van der Waals surface area contributed by atoms with Crippen LogP contribution in [-0.2, 0) is 0 Å². The van der Waals surface area contributed by atoms with Gasteiger partial charge in [0.05, 0.1) is 4.60 Å². The maximum Gasteiger partial charge on any atom is 0.116 e. The molecule has 78 valence electrons. The number of fused-ring (bicyclic) bond motifs is 1. The molecule has 1 saturated carbocycles. The Hall–Kier alpha value is -0.960. The Balaban J connectivity index is 2.38. The fourth-order valence-electron chi connectivity index (χ4n) is 2.12. The lowest BCUT2D eigenvalue weighted by Crippen LogP contribution is -1.92. The average Bonchev–Trinajstić information content (AvgIpc) is 3.00. The van der Waals surface area contributed by atoms with Gasteiger partial charge in [0.15, 0.2) is 0 Å². The molecule has 1 aliphatic carbocycles. The van der Waals surface area contributed by atoms with Crippen molar-refractivity contribution in [1.29, 1.82) is 0 Å². The fraction of sp³-hybridized carbons (Fsp3) is 0.333. The molecule has 2 nitrogen and oxygen atoms in total. The predicted octanol–water partition coefficient (Wildman–Crippen LogP) is 3.75. The molecule has 15 heavy (non-hydrogen) atoms. The van der Waals surface area contributed by atoms with E-state index in [0.29, 0.717) is 11.8 Å². The highest BCUT2D eigenvalue weighted by Crippen LogP contribution is 2.43. The van der Waals surface area contributed by atoms with Crippen molar-refractivity contribution in [3.8, 4) is 5.75 Å². The minimum Gasteiger partial charge on any atom is -0.508 e. The van der Waals surface area contributed by atoms with Gasteiger partial charge in [-0.1, -0.05) is 0 Å². The Morgan fingerprint density at radius 2 is 2.13 bits per heavy atom. The summed E-state index contributed by atoms with van der Waals surface area (Å²) in [4.78, 5) is 0. The van der Waals surface area contributed by atoms with Gasteiger partial charge in [0, 0.05) is 16.9 Å². The van der Waals surface area contributed by atoms with Gasteiger partial charge in [-0.15, -0.1) is 0 Å². The molecule has 3 heteroatoms. The molecule has 2 aromatic rings. The molecule has 0 aliphatic heterocycles. The summed E-state index contributed by atoms with van der Waals surface area (Å²) in [6, 6.07) is 6.25. The molecule has 0 amide bonds. The summed E-state index contributed by atoms with van der Waals surface area (Å²) in [5, 5.41) is 10.6. The molecular weight excluding hydrogens is 254 g/mol. The lowest BCUT2D eigenvalue weighted by atomic mass is 10.2. The number of rotatable bonds is 1. The Morgan fingerprint density at radius 3 is 2.80 bits per heavy atom. The normalized spacial score (nSPS) is 16.1. The first-order chi connectivity index (χ1) is 7.18. The summed E-state index contributed by atoms with van der Waals surface area (Å²) >= 11 is 3.64. The van der Waals surface area contributed by atoms with Gasteiger partial charge in [-0.2, -0.15) is 0 Å². The molecular formula is C12H12BrNO. The largest absolute Gasteiger partial charge is 0.508 e. The number of phenolic OH excluding ortho intramolecular Hbond substituents is 1. The zero-order chi connectivity index (χ0) is 10.6. The monoisotopic (exact) mass is 265 g/mol. The van der Waals surface area contributed by atoms with Crippen LogP contribution in [0.4, 0.5) is 0 Å². The summed E-state index contributed by atoms with van der Waals surface area (Å²) < 4.78 is 3.50. The second-order valence-electron chi connectivity index (χ2n) is 4.22. The van der Waals surface area contributed by atoms with Crippen molar-refractivity contribution in [2.45, 2.75) is 25.8 Å². The molecule has 1 aromatic carbocycles. The van der Waals surface area contributed by atoms with Gasteiger partial charge in [-0.25, -0.2) is 0 Å². The van der Waals surface area contributed by atoms with E-state index in [0.717, 1.165) is 9.99 Å². The van der Waals surface area contributed by atoms with Crippen molar-refractivity contribution >= 4 is 26.8 Å². The molecule has 0 bridgehead atoms. The van der Waals surface area contributed by atoms with Crippen LogP contribution in [0.5, 0.6) is 5.75 Å². The first-order valence-electron chi connectivity index (χ1n) is 5.17. The minimum atomic E-state index is 0.339. The van der Waals surface area contributed by atoms with Crippen molar-refractivity contribution in [3.05, 3.63) is 28.4 Å². The Kier molecular flexibility index (Phi) is 1.87. The van der Waals surface area contributed by atoms with E-state index in [2.05, 4.69) is 27.4 Å². The molecule has 1 fully saturated rings. The third-order valence-electron chi connectivity index (χ3n) is 3.08. The van der Waals surface area contributed by atoms with E-state index in [9.17, 15) is 5.11 Å². The summed E-state index contributed by atoms with van der Waals surface area (Å²) in [5.74, 6) is 0.339. The van der Waals surface area contributed by atoms with E-state index in [1.165, 1.54) is 23.9 Å². The van der Waals surface area contributed by atoms with Crippen LogP contribution < -0.4 is 0 Å². The number of phenols is 1. The zero-order valence-corrected chi connectivity index (χ0v) is 10.1. The van der Waals surface area contributed by atoms with Crippen LogP contribution >= 0.6 is 15.9 Å². The van der Waals surface area contributed by atoms with Gasteiger partial charge < -0.3 is 9.67 Å². The van der Waals surface area contributed by atoms with E-state index in [1.54, 1.807) is 6.07 Å². The van der Waals surface area contributed by atoms with Gasteiger partial charge in [0.1, 0.15) is 5.75 Å². The van der Waals surface area contributed by atoms with E-state index < -0.39 is 0 Å². The number of aromatic hydroxyl groups is 1. The van der Waals surface area contributed by atoms with Crippen LogP contribution in [0, 0.1) is 6.92 Å². The van der Waals surface area contributed by atoms with Gasteiger partial charge in [-0.3, -0.25) is 0 Å². The molecule has 0 spiro atoms. The number of nitrogens with zero attached hydrogens (tertiary/aromatic N) is 1. The first-order valence-corrected chi connectivity index (χ1v) is 5.97. The lowest BCUT2D eigenvalue weighted by molar-refractivity contribution is 0.476. The molecule has 1 aromatic heterocycles. The SMILES string of the molecule is Cc1c(Br)n(C2CC2)c2ccc(O)cc12. The minimum absolute atomic E-state index is 0.339. The Bertz CT molecular complexity index is 540. The molecule has 0 saturated heterocycles. The van der Waals surface area contributed by atoms with Gasteiger partial charge >= 0.3 is 0 Å². The van der Waals surface area contributed by atoms with E-state index in [-0.39, 0.29) is 0 Å². The summed E-state index contributed by atoms with van der Waals surface area (Å²) in [7, 11) is 0. The number of aromatic nitrogens is 1. The fourth-order valence-corrected chi connectivity index (χ4v) is 2.82. The Morgan fingerprint density at radius 1 is 1.40 bits per heavy atom. The van der Waals surface area contributed by atoms with Crippen LogP contribution in [0.1, 0.15) is 24.4 Å². The maximum absolute atomic E-state index is 9.48. The van der Waals surface area contributed by atoms with E-state index in [1.807, 2.05) is 12.1 Å². The Labute approximate surface area is 96.6 Å². The summed E-state index contributed by atoms with van der Waals surface area (Å²) in [5.41, 5.74) is 2.44. The zero-order valence-electron chi connectivity index (χ0n) is 8.50. The smallest absolute Gasteiger partial charge is 0.116 e. The van der Waals surface area contributed by atoms with Gasteiger partial charge in [-0.05, 0) is 59.5 Å². The molecule has 1 heterocycles. The van der Waals surface area contributed by atoms with Crippen molar-refractivity contribution in [2.24, 2.45) is 0 Å². The van der Waals surface area contributed by atoms with Crippen LogP contribution in [-0.4, -0.2) is 9.67 Å². The molecule has 0 unspecified atom stereocenters. The maximum atomic E-state index is 9.48. The van der Waals surface area contributed by atoms with Crippen LogP contribution in [0.15, 0.2) is 22.8 Å². The quantitative estimate of drug-likeness (QED) is 0.835. The van der Waals surface area contributed by atoms with Crippen LogP contribution in [0.3, 0.4) is 0 Å². The van der Waals surface area contributed by atoms with Crippen molar-refractivity contribution in [2.75, 3.05) is 0 Å². The topological polar surface area (TPSA) is 25.2 Å². The van der Waals surface area contributed by atoms with Crippen molar-refractivity contribution < 1.29 is 5.11 Å². The highest BCUT2D eigenvalue weighted by atomic mass is 79.9. The molecule has 1 N–H and O–H groups in total. The molecule has 1 aliphatic rings. The third kappa shape index (κ3) is 1.29. The number of hydrogen-bond acceptors (Lipinski definition) is 1. The summed E-state index contributed by atoms with van der Waals surface area (Å²) in [6.07, 6.45) is 2.53. The van der Waals surface area contributed by atoms with Gasteiger partial charge in [0.25, 0.3) is 0 Å². The molecule has 0 radical (unpaired) electrons. The number of aryl methyl sites for hydroxylation is 1. The van der Waals surface area contributed by atoms with Crippen molar-refractivity contribution in [1.82, 2.24) is 4.57 Å². The standard InChI is InChI=1S/C12H12BrNO/c1-7-10-6-9(15)4-5-11(10)14(12(7)13)8-2-3-8/h4-6,8,15H,2-3H2,1H3. The van der Waals surface area contributed by atoms with Crippen LogP contribution in [0.25, 0.3) is 10.9 Å². The lowest BCUT2D eigenvalue weighted by Gasteiger charge is -2.04. The second-order valence-corrected chi connectivity index (χ2v) is 4.97. The predicted molar refractivity (Wildman–Crippen MR) is 64.3 cm³/mol. The van der Waals surface area contributed by atoms with E-state index >= 15 is 0 Å². The van der Waals surface area contributed by atoms with E-state index in [4.69, 9.17) is 0 Å². The molecule has 3 rings (SSSR count). The second kappa shape index (κ2) is 3.01.